The van der Waals surface area contributed by atoms with E-state index >= 15 is 0 Å². The molecule has 1 fully saturated rings. The van der Waals surface area contributed by atoms with Crippen molar-refractivity contribution in [2.75, 3.05) is 58.4 Å². The van der Waals surface area contributed by atoms with E-state index in [-0.39, 0.29) is 44.0 Å². The van der Waals surface area contributed by atoms with Crippen LogP contribution in [0.1, 0.15) is 34.6 Å². The molecule has 4 bridgehead atoms. The standard InChI is InChI=1S/C30H34F6N6O3/c1-40-10-7-24-20(17-40)8-12-44-14-15-45-13-11-41-18-23(27(39-41)30(34,35)36)28(43)37-9-3-4-21-16-22-25(38-24)5-2-6-26(22)42(21)19-29(31,32)33/h2,5-6,16,18,20,24,38H,7-15,17,19H2,1H3,(H,37,43)/t20-,24-/m0/s1. The maximum absolute atomic E-state index is 13.6. The van der Waals surface area contributed by atoms with Crippen LogP contribution in [-0.4, -0.2) is 90.5 Å². The van der Waals surface area contributed by atoms with Gasteiger partial charge in [0.1, 0.15) is 6.54 Å². The molecule has 0 aliphatic carbocycles. The average Bonchev–Trinajstić information content (AvgIpc) is 3.55. The molecule has 2 N–H and O–H groups in total. The maximum Gasteiger partial charge on any atom is 0.435 e. The molecule has 0 unspecified atom stereocenters. The van der Waals surface area contributed by atoms with Gasteiger partial charge < -0.3 is 29.6 Å². The summed E-state index contributed by atoms with van der Waals surface area (Å²) in [6.07, 6.45) is -6.88. The van der Waals surface area contributed by atoms with Crippen molar-refractivity contribution in [3.8, 4) is 11.8 Å². The minimum absolute atomic E-state index is 0.0247. The third-order valence-electron chi connectivity index (χ3n) is 7.86. The second-order valence-electron chi connectivity index (χ2n) is 11.2. The highest BCUT2D eigenvalue weighted by Crippen LogP contribution is 2.33. The highest BCUT2D eigenvalue weighted by atomic mass is 19.4. The van der Waals surface area contributed by atoms with Gasteiger partial charge in [-0.05, 0) is 56.5 Å². The normalized spacial score (nSPS) is 21.4. The van der Waals surface area contributed by atoms with E-state index < -0.39 is 42.6 Å². The zero-order valence-corrected chi connectivity index (χ0v) is 24.6. The number of carbonyl (C=O) groups excluding carboxylic acids is 1. The van der Waals surface area contributed by atoms with Crippen LogP contribution in [0.4, 0.5) is 32.0 Å². The number of piperidine rings is 1. The van der Waals surface area contributed by atoms with Crippen LogP contribution in [0.15, 0.2) is 30.5 Å². The number of aromatic nitrogens is 3. The van der Waals surface area contributed by atoms with Gasteiger partial charge in [-0.1, -0.05) is 12.0 Å². The fraction of sp³-hybridized carbons (Fsp3) is 0.533. The van der Waals surface area contributed by atoms with Crippen molar-refractivity contribution in [2.24, 2.45) is 5.92 Å². The van der Waals surface area contributed by atoms with Gasteiger partial charge in [-0.3, -0.25) is 9.48 Å². The van der Waals surface area contributed by atoms with E-state index in [1.54, 1.807) is 18.2 Å². The lowest BCUT2D eigenvalue weighted by atomic mass is 9.89. The number of fused-ring (bicyclic) bond motifs is 4. The first-order valence-corrected chi connectivity index (χ1v) is 14.6. The van der Waals surface area contributed by atoms with Crippen molar-refractivity contribution in [3.05, 3.63) is 47.4 Å². The molecular weight excluding hydrogens is 606 g/mol. The van der Waals surface area contributed by atoms with Gasteiger partial charge >= 0.3 is 12.4 Å². The first-order valence-electron chi connectivity index (χ1n) is 14.6. The monoisotopic (exact) mass is 640 g/mol. The van der Waals surface area contributed by atoms with E-state index in [2.05, 4.69) is 32.5 Å². The third-order valence-corrected chi connectivity index (χ3v) is 7.86. The molecule has 1 amide bonds. The Kier molecular flexibility index (Phi) is 9.95. The average molecular weight is 641 g/mol. The highest BCUT2D eigenvalue weighted by Gasteiger charge is 2.39. The number of likely N-dealkylation sites (tertiary alicyclic amines) is 1. The second kappa shape index (κ2) is 13.7. The van der Waals surface area contributed by atoms with Crippen molar-refractivity contribution in [2.45, 2.75) is 44.3 Å². The fourth-order valence-electron chi connectivity index (χ4n) is 5.74. The molecule has 2 atom stereocenters. The molecule has 1 saturated heterocycles. The van der Waals surface area contributed by atoms with E-state index in [1.807, 2.05) is 13.1 Å². The van der Waals surface area contributed by atoms with E-state index in [4.69, 9.17) is 9.47 Å². The summed E-state index contributed by atoms with van der Waals surface area (Å²) in [6, 6.07) is 6.71. The summed E-state index contributed by atoms with van der Waals surface area (Å²) in [5.74, 6) is 4.42. The zero-order chi connectivity index (χ0) is 32.2. The largest absolute Gasteiger partial charge is 0.435 e. The summed E-state index contributed by atoms with van der Waals surface area (Å²) in [6.45, 7) is 0.986. The second-order valence-corrected chi connectivity index (χ2v) is 11.2. The minimum Gasteiger partial charge on any atom is -0.381 e. The Labute approximate surface area is 255 Å². The van der Waals surface area contributed by atoms with Crippen LogP contribution in [-0.2, 0) is 28.7 Å². The first-order chi connectivity index (χ1) is 21.4. The molecule has 0 saturated carbocycles. The Balaban J connectivity index is 1.47. The summed E-state index contributed by atoms with van der Waals surface area (Å²) >= 11 is 0. The van der Waals surface area contributed by atoms with Gasteiger partial charge in [0.2, 0.25) is 0 Å². The lowest BCUT2D eigenvalue weighted by Crippen LogP contribution is -2.45. The van der Waals surface area contributed by atoms with Gasteiger partial charge in [0.05, 0.1) is 49.7 Å². The van der Waals surface area contributed by atoms with Crippen LogP contribution >= 0.6 is 0 Å². The Morgan fingerprint density at radius 2 is 1.82 bits per heavy atom. The zero-order valence-electron chi connectivity index (χ0n) is 24.6. The first kappa shape index (κ1) is 32.6. The topological polar surface area (TPSA) is 85.6 Å². The molecule has 45 heavy (non-hydrogen) atoms. The van der Waals surface area contributed by atoms with Crippen molar-refractivity contribution in [1.82, 2.24) is 24.6 Å². The molecule has 9 nitrogen and oxygen atoms in total. The number of halogens is 6. The molecule has 5 rings (SSSR count). The molecule has 1 aromatic carbocycles. The molecule has 2 aliphatic heterocycles. The Bertz CT molecular complexity index is 1550. The number of rotatable bonds is 1. The Hall–Kier alpha value is -3.74. The van der Waals surface area contributed by atoms with Gasteiger partial charge in [0.15, 0.2) is 5.69 Å². The number of hydrogen-bond donors (Lipinski definition) is 2. The van der Waals surface area contributed by atoms with Crippen LogP contribution in [0.25, 0.3) is 10.9 Å². The van der Waals surface area contributed by atoms with Crippen LogP contribution in [0.3, 0.4) is 0 Å². The number of alkyl halides is 6. The summed E-state index contributed by atoms with van der Waals surface area (Å²) in [7, 11) is 2.04. The summed E-state index contributed by atoms with van der Waals surface area (Å²) in [4.78, 5) is 14.9. The van der Waals surface area contributed by atoms with Crippen LogP contribution in [0, 0.1) is 17.8 Å². The predicted octanol–water partition coefficient (Wildman–Crippen LogP) is 4.37. The van der Waals surface area contributed by atoms with Crippen LogP contribution < -0.4 is 10.6 Å². The van der Waals surface area contributed by atoms with E-state index in [1.165, 1.54) is 0 Å². The molecule has 15 heteroatoms. The molecule has 2 aromatic heterocycles. The van der Waals surface area contributed by atoms with Gasteiger partial charge in [-0.25, -0.2) is 0 Å². The summed E-state index contributed by atoms with van der Waals surface area (Å²) in [5, 5.41) is 9.96. The van der Waals surface area contributed by atoms with Crippen molar-refractivity contribution in [3.63, 3.8) is 0 Å². The van der Waals surface area contributed by atoms with Crippen LogP contribution in [0.5, 0.6) is 0 Å². The minimum atomic E-state index is -4.89. The Morgan fingerprint density at radius 1 is 1.04 bits per heavy atom. The van der Waals surface area contributed by atoms with Gasteiger partial charge in [0, 0.05) is 36.5 Å². The number of nitrogens with zero attached hydrogens (tertiary/aromatic N) is 4. The van der Waals surface area contributed by atoms with Crippen molar-refractivity contribution in [1.29, 1.82) is 0 Å². The fourth-order valence-corrected chi connectivity index (χ4v) is 5.74. The molecule has 3 aromatic rings. The number of nitrogens with one attached hydrogen (secondary N) is 2. The third kappa shape index (κ3) is 8.30. The molecule has 0 radical (unpaired) electrons. The lowest BCUT2D eigenvalue weighted by molar-refractivity contribution is -0.142. The quantitative estimate of drug-likeness (QED) is 0.304. The summed E-state index contributed by atoms with van der Waals surface area (Å²) in [5.41, 5.74) is -0.993. The number of carbonyl (C=O) groups is 1. The lowest BCUT2D eigenvalue weighted by Gasteiger charge is -2.38. The molecule has 244 valence electrons. The summed E-state index contributed by atoms with van der Waals surface area (Å²) < 4.78 is 95.2. The number of benzene rings is 1. The Morgan fingerprint density at radius 3 is 2.58 bits per heavy atom. The van der Waals surface area contributed by atoms with Crippen LogP contribution in [0.2, 0.25) is 0 Å². The molecular formula is C30H34F6N6O3. The maximum atomic E-state index is 13.6. The SMILES string of the molecule is CN1CC[C@@H]2Nc3cccc4c3cc(n4CC(F)(F)F)C#CCNC(=O)c3cn(nc3C(F)(F)F)CCOCCOCC[C@H]2C1. The number of hydrogen-bond acceptors (Lipinski definition) is 6. The van der Waals surface area contributed by atoms with Gasteiger partial charge in [-0.2, -0.15) is 31.4 Å². The van der Waals surface area contributed by atoms with Crippen molar-refractivity contribution < 1.29 is 40.6 Å². The van der Waals surface area contributed by atoms with E-state index in [9.17, 15) is 31.1 Å². The van der Waals surface area contributed by atoms with Gasteiger partial charge in [0.25, 0.3) is 5.91 Å². The predicted molar refractivity (Wildman–Crippen MR) is 154 cm³/mol. The highest BCUT2D eigenvalue weighted by molar-refractivity contribution is 5.95. The number of ether oxygens (including phenoxy) is 2. The number of anilines is 1. The van der Waals surface area contributed by atoms with E-state index in [0.29, 0.717) is 23.2 Å². The smallest absolute Gasteiger partial charge is 0.381 e. The molecule has 4 heterocycles. The van der Waals surface area contributed by atoms with Crippen molar-refractivity contribution >= 4 is 22.5 Å². The number of amides is 1. The van der Waals surface area contributed by atoms with E-state index in [0.717, 1.165) is 41.4 Å². The van der Waals surface area contributed by atoms with Gasteiger partial charge in [-0.15, -0.1) is 0 Å². The molecule has 2 aliphatic rings. The molecule has 0 spiro atoms.